The van der Waals surface area contributed by atoms with Gasteiger partial charge in [-0.2, -0.15) is 0 Å². The van der Waals surface area contributed by atoms with Crippen LogP contribution >= 0.6 is 15.9 Å². The highest BCUT2D eigenvalue weighted by Crippen LogP contribution is 2.21. The van der Waals surface area contributed by atoms with Crippen LogP contribution in [0.5, 0.6) is 0 Å². The SMILES string of the molecule is Nc1cc(Br)cnc1NCc1cc(F)ccc1F. The number of nitrogens with one attached hydrogen (secondary N) is 1. The lowest BCUT2D eigenvalue weighted by Gasteiger charge is -2.09. The van der Waals surface area contributed by atoms with Crippen molar-refractivity contribution in [3.8, 4) is 0 Å². The van der Waals surface area contributed by atoms with Crippen LogP contribution < -0.4 is 11.1 Å². The molecule has 6 heteroatoms. The van der Waals surface area contributed by atoms with Crippen LogP contribution in [0.4, 0.5) is 20.3 Å². The lowest BCUT2D eigenvalue weighted by atomic mass is 10.2. The molecule has 1 heterocycles. The van der Waals surface area contributed by atoms with E-state index in [1.807, 2.05) is 0 Å². The minimum atomic E-state index is -0.482. The first-order valence-corrected chi connectivity index (χ1v) is 5.94. The van der Waals surface area contributed by atoms with Crippen LogP contribution in [0.25, 0.3) is 0 Å². The number of rotatable bonds is 3. The minimum Gasteiger partial charge on any atom is -0.396 e. The Morgan fingerprint density at radius 3 is 2.78 bits per heavy atom. The Hall–Kier alpha value is -1.69. The van der Waals surface area contributed by atoms with Gasteiger partial charge in [-0.1, -0.05) is 0 Å². The number of nitrogen functional groups attached to an aromatic ring is 1. The summed E-state index contributed by atoms with van der Waals surface area (Å²) in [6.07, 6.45) is 1.57. The topological polar surface area (TPSA) is 50.9 Å². The second-order valence-corrected chi connectivity index (χ2v) is 4.60. The Balaban J connectivity index is 2.13. The lowest BCUT2D eigenvalue weighted by Crippen LogP contribution is -2.06. The Bertz CT molecular complexity index is 575. The average molecular weight is 314 g/mol. The van der Waals surface area contributed by atoms with Gasteiger partial charge in [0.05, 0.1) is 5.69 Å². The van der Waals surface area contributed by atoms with Gasteiger partial charge in [-0.25, -0.2) is 13.8 Å². The number of halogens is 3. The molecule has 0 saturated heterocycles. The zero-order valence-electron chi connectivity index (χ0n) is 9.25. The molecule has 0 fully saturated rings. The molecule has 1 aromatic heterocycles. The van der Waals surface area contributed by atoms with E-state index in [1.165, 1.54) is 0 Å². The first kappa shape index (κ1) is 12.8. The zero-order chi connectivity index (χ0) is 13.1. The highest BCUT2D eigenvalue weighted by Gasteiger charge is 2.06. The molecule has 0 atom stereocenters. The summed E-state index contributed by atoms with van der Waals surface area (Å²) < 4.78 is 27.1. The quantitative estimate of drug-likeness (QED) is 0.914. The van der Waals surface area contributed by atoms with Crippen LogP contribution in [0.2, 0.25) is 0 Å². The van der Waals surface area contributed by atoms with Gasteiger partial charge in [-0.15, -0.1) is 0 Å². The Kier molecular flexibility index (Phi) is 3.76. The number of anilines is 2. The standard InChI is InChI=1S/C12H10BrF2N3/c13-8-4-11(16)12(18-6-8)17-5-7-3-9(14)1-2-10(7)15/h1-4,6H,5,16H2,(H,17,18). The van der Waals surface area contributed by atoms with E-state index in [1.54, 1.807) is 12.3 Å². The molecule has 18 heavy (non-hydrogen) atoms. The Morgan fingerprint density at radius 2 is 2.06 bits per heavy atom. The van der Waals surface area contributed by atoms with E-state index in [9.17, 15) is 8.78 Å². The van der Waals surface area contributed by atoms with Gasteiger partial charge in [-0.3, -0.25) is 0 Å². The monoisotopic (exact) mass is 313 g/mol. The lowest BCUT2D eigenvalue weighted by molar-refractivity contribution is 0.587. The molecule has 0 aliphatic carbocycles. The summed E-state index contributed by atoms with van der Waals surface area (Å²) in [4.78, 5) is 4.05. The van der Waals surface area contributed by atoms with Gasteiger partial charge in [0.25, 0.3) is 0 Å². The normalized spacial score (nSPS) is 10.4. The first-order chi connectivity index (χ1) is 8.56. The number of benzene rings is 1. The molecular weight excluding hydrogens is 304 g/mol. The average Bonchev–Trinajstić information content (AvgIpc) is 2.32. The van der Waals surface area contributed by atoms with Crippen molar-refractivity contribution in [3.63, 3.8) is 0 Å². The van der Waals surface area contributed by atoms with Crippen molar-refractivity contribution in [2.75, 3.05) is 11.1 Å². The van der Waals surface area contributed by atoms with Gasteiger partial charge in [0, 0.05) is 22.8 Å². The summed E-state index contributed by atoms with van der Waals surface area (Å²) in [5.74, 6) is -0.522. The van der Waals surface area contributed by atoms with Gasteiger partial charge in [0.2, 0.25) is 0 Å². The molecule has 0 aliphatic rings. The van der Waals surface area contributed by atoms with Crippen molar-refractivity contribution >= 4 is 27.4 Å². The maximum atomic E-state index is 13.4. The fraction of sp³-hybridized carbons (Fsp3) is 0.0833. The molecule has 3 nitrogen and oxygen atoms in total. The second-order valence-electron chi connectivity index (χ2n) is 3.68. The van der Waals surface area contributed by atoms with E-state index >= 15 is 0 Å². The fourth-order valence-electron chi connectivity index (χ4n) is 1.46. The van der Waals surface area contributed by atoms with Crippen molar-refractivity contribution in [2.24, 2.45) is 0 Å². The van der Waals surface area contributed by atoms with Gasteiger partial charge >= 0.3 is 0 Å². The van der Waals surface area contributed by atoms with Crippen LogP contribution in [-0.4, -0.2) is 4.98 Å². The van der Waals surface area contributed by atoms with Gasteiger partial charge in [-0.05, 0) is 40.2 Å². The molecule has 0 saturated carbocycles. The Labute approximate surface area is 111 Å². The minimum absolute atomic E-state index is 0.114. The summed E-state index contributed by atoms with van der Waals surface area (Å²) >= 11 is 3.23. The Morgan fingerprint density at radius 1 is 1.28 bits per heavy atom. The second kappa shape index (κ2) is 5.30. The third kappa shape index (κ3) is 2.95. The summed E-state index contributed by atoms with van der Waals surface area (Å²) in [6.45, 7) is 0.114. The molecule has 0 bridgehead atoms. The number of hydrogen-bond donors (Lipinski definition) is 2. The van der Waals surface area contributed by atoms with E-state index in [2.05, 4.69) is 26.2 Å². The maximum Gasteiger partial charge on any atom is 0.149 e. The van der Waals surface area contributed by atoms with Crippen molar-refractivity contribution in [1.29, 1.82) is 0 Å². The number of nitrogens with two attached hydrogens (primary N) is 1. The highest BCUT2D eigenvalue weighted by molar-refractivity contribution is 9.10. The third-order valence-corrected chi connectivity index (χ3v) is 2.77. The molecular formula is C12H10BrF2N3. The van der Waals surface area contributed by atoms with E-state index < -0.39 is 11.6 Å². The van der Waals surface area contributed by atoms with Crippen molar-refractivity contribution < 1.29 is 8.78 Å². The van der Waals surface area contributed by atoms with Crippen molar-refractivity contribution in [3.05, 3.63) is 52.1 Å². The maximum absolute atomic E-state index is 13.4. The fourth-order valence-corrected chi connectivity index (χ4v) is 1.81. The first-order valence-electron chi connectivity index (χ1n) is 5.15. The van der Waals surface area contributed by atoms with Crippen molar-refractivity contribution in [1.82, 2.24) is 4.98 Å². The predicted molar refractivity (Wildman–Crippen MR) is 70.0 cm³/mol. The van der Waals surface area contributed by atoms with Gasteiger partial charge in [0.1, 0.15) is 17.5 Å². The molecule has 1 aromatic carbocycles. The number of nitrogens with zero attached hydrogens (tertiary/aromatic N) is 1. The molecule has 0 unspecified atom stereocenters. The molecule has 2 aromatic rings. The number of aromatic nitrogens is 1. The molecule has 0 spiro atoms. The number of hydrogen-bond acceptors (Lipinski definition) is 3. The summed E-state index contributed by atoms with van der Waals surface area (Å²) in [5, 5.41) is 2.86. The largest absolute Gasteiger partial charge is 0.396 e. The van der Waals surface area contributed by atoms with Crippen LogP contribution in [0.1, 0.15) is 5.56 Å². The van der Waals surface area contributed by atoms with Crippen LogP contribution in [0.15, 0.2) is 34.9 Å². The van der Waals surface area contributed by atoms with Gasteiger partial charge < -0.3 is 11.1 Å². The van der Waals surface area contributed by atoms with Crippen LogP contribution in [-0.2, 0) is 6.54 Å². The van der Waals surface area contributed by atoms with Crippen LogP contribution in [0.3, 0.4) is 0 Å². The molecule has 2 rings (SSSR count). The van der Waals surface area contributed by atoms with E-state index in [0.717, 1.165) is 22.7 Å². The highest BCUT2D eigenvalue weighted by atomic mass is 79.9. The van der Waals surface area contributed by atoms with E-state index in [0.29, 0.717) is 11.5 Å². The predicted octanol–water partition coefficient (Wildman–Crippen LogP) is 3.32. The third-order valence-electron chi connectivity index (χ3n) is 2.34. The summed E-state index contributed by atoms with van der Waals surface area (Å²) in [7, 11) is 0. The molecule has 94 valence electrons. The van der Waals surface area contributed by atoms with E-state index in [4.69, 9.17) is 5.73 Å². The summed E-state index contributed by atoms with van der Waals surface area (Å²) in [6, 6.07) is 4.98. The van der Waals surface area contributed by atoms with Crippen LogP contribution in [0, 0.1) is 11.6 Å². The molecule has 0 aliphatic heterocycles. The number of pyridine rings is 1. The zero-order valence-corrected chi connectivity index (χ0v) is 10.8. The molecule has 0 radical (unpaired) electrons. The molecule has 0 amide bonds. The molecule has 3 N–H and O–H groups in total. The van der Waals surface area contributed by atoms with E-state index in [-0.39, 0.29) is 12.1 Å². The van der Waals surface area contributed by atoms with Gasteiger partial charge in [0.15, 0.2) is 0 Å². The summed E-state index contributed by atoms with van der Waals surface area (Å²) in [5.41, 5.74) is 6.38. The van der Waals surface area contributed by atoms with Crippen molar-refractivity contribution in [2.45, 2.75) is 6.54 Å². The smallest absolute Gasteiger partial charge is 0.149 e.